The largest absolute Gasteiger partial charge is 0.433 e. The van der Waals surface area contributed by atoms with Gasteiger partial charge in [-0.15, -0.1) is 0 Å². The molecule has 2 heterocycles. The average Bonchev–Trinajstić information content (AvgIpc) is 3.65. The van der Waals surface area contributed by atoms with Crippen molar-refractivity contribution in [2.75, 3.05) is 6.67 Å². The Balaban J connectivity index is 1.86. The van der Waals surface area contributed by atoms with Crippen LogP contribution in [-0.4, -0.2) is 34.3 Å². The first kappa shape index (κ1) is 24.6. The summed E-state index contributed by atoms with van der Waals surface area (Å²) in [6, 6.07) is 9.60. The number of hydrogen-bond acceptors (Lipinski definition) is 4. The molecule has 1 aliphatic carbocycles. The number of rotatable bonds is 9. The maximum Gasteiger partial charge on any atom is 0.433 e. The summed E-state index contributed by atoms with van der Waals surface area (Å²) < 4.78 is 39.6. The Morgan fingerprint density at radius 1 is 1.21 bits per heavy atom. The molecule has 33 heavy (non-hydrogen) atoms. The standard InChI is InChI=1S/C24H29F3N6/c1-4-16(2)22(20-9-7-10-21(32-20)24(25,26)27)33-23(31-17(3)18-11-12-18)30-15-28-14-19-8-5-6-13-29-19/h5-10,13,17-18,28H,2,4,11-12,14-15H2,1,3H3,(H,30,31). The van der Waals surface area contributed by atoms with Crippen LogP contribution in [0.2, 0.25) is 0 Å². The number of aliphatic imine (C=N–C) groups is 2. The molecule has 9 heteroatoms. The summed E-state index contributed by atoms with van der Waals surface area (Å²) >= 11 is 0. The molecule has 3 rings (SSSR count). The minimum atomic E-state index is -4.54. The van der Waals surface area contributed by atoms with E-state index in [-0.39, 0.29) is 18.4 Å². The van der Waals surface area contributed by atoms with Gasteiger partial charge in [0.15, 0.2) is 0 Å². The van der Waals surface area contributed by atoms with Crippen LogP contribution in [0.3, 0.4) is 0 Å². The lowest BCUT2D eigenvalue weighted by Crippen LogP contribution is -2.35. The number of nitrogens with zero attached hydrogens (tertiary/aromatic N) is 4. The minimum absolute atomic E-state index is 0.117. The predicted octanol–water partition coefficient (Wildman–Crippen LogP) is 4.74. The lowest BCUT2D eigenvalue weighted by molar-refractivity contribution is -0.141. The van der Waals surface area contributed by atoms with Crippen LogP contribution in [0.5, 0.6) is 0 Å². The fraction of sp³-hybridized carbons (Fsp3) is 0.417. The predicted molar refractivity (Wildman–Crippen MR) is 124 cm³/mol. The Labute approximate surface area is 192 Å². The van der Waals surface area contributed by atoms with Gasteiger partial charge in [0.2, 0.25) is 5.96 Å². The van der Waals surface area contributed by atoms with Gasteiger partial charge in [-0.1, -0.05) is 25.6 Å². The molecule has 1 saturated carbocycles. The highest BCUT2D eigenvalue weighted by Gasteiger charge is 2.33. The van der Waals surface area contributed by atoms with Crippen molar-refractivity contribution in [1.82, 2.24) is 20.6 Å². The average molecular weight is 459 g/mol. The molecule has 2 N–H and O–H groups in total. The molecule has 2 aromatic heterocycles. The van der Waals surface area contributed by atoms with Gasteiger partial charge < -0.3 is 5.32 Å². The monoisotopic (exact) mass is 458 g/mol. The molecule has 176 valence electrons. The van der Waals surface area contributed by atoms with Crippen LogP contribution in [0.1, 0.15) is 50.2 Å². The molecule has 2 aromatic rings. The summed E-state index contributed by atoms with van der Waals surface area (Å²) in [4.78, 5) is 17.2. The third-order valence-electron chi connectivity index (χ3n) is 5.32. The molecule has 1 aliphatic rings. The van der Waals surface area contributed by atoms with Crippen LogP contribution in [-0.2, 0) is 12.7 Å². The second-order valence-corrected chi connectivity index (χ2v) is 7.98. The Morgan fingerprint density at radius 3 is 2.64 bits per heavy atom. The van der Waals surface area contributed by atoms with Crippen LogP contribution in [0.4, 0.5) is 13.2 Å². The number of aromatic nitrogens is 2. The third kappa shape index (κ3) is 7.49. The first-order chi connectivity index (χ1) is 15.8. The molecule has 1 atom stereocenters. The Kier molecular flexibility index (Phi) is 8.32. The van der Waals surface area contributed by atoms with Crippen LogP contribution in [0.25, 0.3) is 0 Å². The summed E-state index contributed by atoms with van der Waals surface area (Å²) in [5.41, 5.74) is 0.905. The van der Waals surface area contributed by atoms with Gasteiger partial charge in [-0.05, 0) is 61.9 Å². The van der Waals surface area contributed by atoms with Crippen molar-refractivity contribution in [3.63, 3.8) is 0 Å². The summed E-state index contributed by atoms with van der Waals surface area (Å²) in [5.74, 6) is 0.878. The SMILES string of the molecule is C=C(CC)C(=NC(=NCNCc1ccccn1)NC(C)C1CC1)c1cccc(C(F)(F)F)n1. The fourth-order valence-corrected chi connectivity index (χ4v) is 3.16. The molecule has 0 spiro atoms. The molecular weight excluding hydrogens is 429 g/mol. The molecule has 0 bridgehead atoms. The van der Waals surface area contributed by atoms with E-state index in [4.69, 9.17) is 0 Å². The number of guanidine groups is 1. The fourth-order valence-electron chi connectivity index (χ4n) is 3.16. The van der Waals surface area contributed by atoms with E-state index in [2.05, 4.69) is 44.1 Å². The number of nitrogens with one attached hydrogen (secondary N) is 2. The zero-order valence-corrected chi connectivity index (χ0v) is 18.9. The third-order valence-corrected chi connectivity index (χ3v) is 5.32. The second-order valence-electron chi connectivity index (χ2n) is 7.98. The van der Waals surface area contributed by atoms with Gasteiger partial charge in [-0.2, -0.15) is 13.2 Å². The number of halogens is 3. The van der Waals surface area contributed by atoms with Crippen LogP contribution in [0.15, 0.2) is 64.7 Å². The number of alkyl halides is 3. The highest BCUT2D eigenvalue weighted by molar-refractivity contribution is 6.15. The summed E-state index contributed by atoms with van der Waals surface area (Å²) in [6.45, 7) is 8.72. The van der Waals surface area contributed by atoms with E-state index < -0.39 is 11.9 Å². The maximum atomic E-state index is 13.2. The van der Waals surface area contributed by atoms with Crippen LogP contribution in [0, 0.1) is 5.92 Å². The summed E-state index contributed by atoms with van der Waals surface area (Å²) in [5, 5.41) is 6.51. The van der Waals surface area contributed by atoms with Crippen molar-refractivity contribution in [3.8, 4) is 0 Å². The molecule has 0 amide bonds. The van der Waals surface area contributed by atoms with E-state index in [0.717, 1.165) is 24.6 Å². The van der Waals surface area contributed by atoms with Gasteiger partial charge in [0, 0.05) is 18.8 Å². The summed E-state index contributed by atoms with van der Waals surface area (Å²) in [7, 11) is 0. The van der Waals surface area contributed by atoms with Crippen molar-refractivity contribution < 1.29 is 13.2 Å². The molecule has 0 radical (unpaired) electrons. The highest BCUT2D eigenvalue weighted by atomic mass is 19.4. The molecule has 6 nitrogen and oxygen atoms in total. The van der Waals surface area contributed by atoms with Crippen LogP contribution >= 0.6 is 0 Å². The van der Waals surface area contributed by atoms with Gasteiger partial charge in [-0.25, -0.2) is 15.0 Å². The minimum Gasteiger partial charge on any atom is -0.352 e. The second kappa shape index (κ2) is 11.2. The topological polar surface area (TPSA) is 74.6 Å². The molecule has 1 unspecified atom stereocenters. The Morgan fingerprint density at radius 2 is 2.00 bits per heavy atom. The normalized spacial score (nSPS) is 15.9. The quantitative estimate of drug-likeness (QED) is 0.323. The number of pyridine rings is 2. The van der Waals surface area contributed by atoms with Gasteiger partial charge in [0.05, 0.1) is 23.8 Å². The lowest BCUT2D eigenvalue weighted by atomic mass is 10.1. The zero-order valence-electron chi connectivity index (χ0n) is 18.9. The highest BCUT2D eigenvalue weighted by Crippen LogP contribution is 2.32. The van der Waals surface area contributed by atoms with E-state index in [1.807, 2.05) is 25.1 Å². The van der Waals surface area contributed by atoms with Gasteiger partial charge in [0.25, 0.3) is 0 Å². The zero-order chi connectivity index (χ0) is 23.8. The van der Waals surface area contributed by atoms with Crippen molar-refractivity contribution in [3.05, 3.63) is 71.8 Å². The molecule has 0 aromatic carbocycles. The van der Waals surface area contributed by atoms with Crippen LogP contribution < -0.4 is 10.6 Å². The molecule has 1 fully saturated rings. The van der Waals surface area contributed by atoms with E-state index in [1.165, 1.54) is 12.1 Å². The Hall–Kier alpha value is -3.07. The first-order valence-electron chi connectivity index (χ1n) is 11.0. The Bertz CT molecular complexity index is 997. The molecule has 0 saturated heterocycles. The van der Waals surface area contributed by atoms with Crippen molar-refractivity contribution in [2.45, 2.75) is 51.9 Å². The van der Waals surface area contributed by atoms with E-state index >= 15 is 0 Å². The van der Waals surface area contributed by atoms with Gasteiger partial charge in [0.1, 0.15) is 5.69 Å². The number of allylic oxidation sites excluding steroid dienone is 1. The van der Waals surface area contributed by atoms with Crippen molar-refractivity contribution in [1.29, 1.82) is 0 Å². The lowest BCUT2D eigenvalue weighted by Gasteiger charge is -2.16. The maximum absolute atomic E-state index is 13.2. The van der Waals surface area contributed by atoms with Crippen molar-refractivity contribution in [2.24, 2.45) is 15.9 Å². The number of hydrogen-bond donors (Lipinski definition) is 2. The molecular formula is C24H29F3N6. The van der Waals surface area contributed by atoms with Gasteiger partial charge in [-0.3, -0.25) is 10.3 Å². The van der Waals surface area contributed by atoms with E-state index in [1.54, 1.807) is 6.20 Å². The first-order valence-corrected chi connectivity index (χ1v) is 11.0. The van der Waals surface area contributed by atoms with Gasteiger partial charge >= 0.3 is 6.18 Å². The smallest absolute Gasteiger partial charge is 0.352 e. The van der Waals surface area contributed by atoms with E-state index in [9.17, 15) is 13.2 Å². The molecule has 0 aliphatic heterocycles. The van der Waals surface area contributed by atoms with Crippen molar-refractivity contribution >= 4 is 11.7 Å². The van der Waals surface area contributed by atoms with E-state index in [0.29, 0.717) is 36.1 Å². The summed E-state index contributed by atoms with van der Waals surface area (Å²) in [6.07, 6.45) is -0.0426.